The molecule has 0 unspecified atom stereocenters. The number of carbonyl (C=O) groups excluding carboxylic acids is 2. The molecule has 92 valence electrons. The fraction of sp³-hybridized carbons (Fsp3) is 0.0833. The minimum atomic E-state index is -0.918. The number of nitrogens with two attached hydrogens (primary N) is 2. The number of nitrogens with zero attached hydrogens (tertiary/aromatic N) is 1. The Morgan fingerprint density at radius 1 is 1.22 bits per heavy atom. The van der Waals surface area contributed by atoms with Crippen molar-refractivity contribution in [1.82, 2.24) is 10.3 Å². The molecule has 1 aromatic carbocycles. The van der Waals surface area contributed by atoms with Crippen LogP contribution in [0.4, 0.5) is 10.5 Å². The molecule has 0 bridgehead atoms. The fourth-order valence-corrected chi connectivity index (χ4v) is 1.74. The summed E-state index contributed by atoms with van der Waals surface area (Å²) in [7, 11) is 0. The Hall–Kier alpha value is -2.63. The molecule has 0 aliphatic heterocycles. The summed E-state index contributed by atoms with van der Waals surface area (Å²) in [4.78, 5) is 26.4. The molecule has 0 saturated heterocycles. The second-order valence-corrected chi connectivity index (χ2v) is 3.87. The number of rotatable bonds is 1. The number of nitrogens with one attached hydrogen (secondary N) is 1. The summed E-state index contributed by atoms with van der Waals surface area (Å²) in [6, 6.07) is 4.34. The monoisotopic (exact) mass is 244 g/mol. The minimum Gasteiger partial charge on any atom is -0.398 e. The summed E-state index contributed by atoms with van der Waals surface area (Å²) in [6.45, 7) is 1.87. The van der Waals surface area contributed by atoms with E-state index in [1.54, 1.807) is 18.2 Å². The second kappa shape index (κ2) is 4.33. The smallest absolute Gasteiger partial charge is 0.319 e. The first-order valence-corrected chi connectivity index (χ1v) is 5.25. The van der Waals surface area contributed by atoms with Crippen LogP contribution >= 0.6 is 0 Å². The van der Waals surface area contributed by atoms with E-state index in [2.05, 4.69) is 4.98 Å². The third-order valence-corrected chi connectivity index (χ3v) is 2.66. The Labute approximate surface area is 103 Å². The zero-order chi connectivity index (χ0) is 13.3. The number of amides is 3. The third kappa shape index (κ3) is 1.95. The molecule has 0 atom stereocenters. The average Bonchev–Trinajstić information content (AvgIpc) is 2.32. The number of aryl methyl sites for hydroxylation is 1. The van der Waals surface area contributed by atoms with Crippen LogP contribution < -0.4 is 16.8 Å². The summed E-state index contributed by atoms with van der Waals surface area (Å²) in [5, 5.41) is 3.29. The molecule has 3 amide bonds. The van der Waals surface area contributed by atoms with Gasteiger partial charge in [-0.15, -0.1) is 0 Å². The van der Waals surface area contributed by atoms with E-state index in [0.29, 0.717) is 11.1 Å². The first-order valence-electron chi connectivity index (χ1n) is 5.25. The molecule has 2 aromatic rings. The van der Waals surface area contributed by atoms with Crippen LogP contribution in [0.25, 0.3) is 10.8 Å². The topological polar surface area (TPSA) is 111 Å². The summed E-state index contributed by atoms with van der Waals surface area (Å²) >= 11 is 0. The maximum atomic E-state index is 11.8. The maximum absolute atomic E-state index is 11.8. The van der Waals surface area contributed by atoms with E-state index in [1.807, 2.05) is 12.2 Å². The Balaban J connectivity index is 2.63. The molecule has 6 heteroatoms. The molecule has 0 radical (unpaired) electrons. The van der Waals surface area contributed by atoms with Crippen LogP contribution in [0, 0.1) is 6.92 Å². The largest absolute Gasteiger partial charge is 0.398 e. The van der Waals surface area contributed by atoms with Crippen LogP contribution in [0.1, 0.15) is 16.1 Å². The van der Waals surface area contributed by atoms with E-state index in [4.69, 9.17) is 11.5 Å². The van der Waals surface area contributed by atoms with Crippen LogP contribution in [0.3, 0.4) is 0 Å². The SMILES string of the molecule is Cc1ccc2c(C(=O)NC(N)=O)nccc2c1N. The molecule has 6 nitrogen and oxygen atoms in total. The molecular formula is C12H12N4O2. The number of benzene rings is 1. The van der Waals surface area contributed by atoms with Gasteiger partial charge in [-0.1, -0.05) is 12.1 Å². The Bertz CT molecular complexity index is 652. The number of carbonyl (C=O) groups is 2. The van der Waals surface area contributed by atoms with E-state index >= 15 is 0 Å². The van der Waals surface area contributed by atoms with Gasteiger partial charge in [-0.05, 0) is 18.6 Å². The number of fused-ring (bicyclic) bond motifs is 1. The van der Waals surface area contributed by atoms with Crippen LogP contribution in [0.15, 0.2) is 24.4 Å². The number of nitrogen functional groups attached to an aromatic ring is 1. The van der Waals surface area contributed by atoms with Gasteiger partial charge in [0, 0.05) is 22.7 Å². The van der Waals surface area contributed by atoms with Crippen molar-refractivity contribution >= 4 is 28.4 Å². The van der Waals surface area contributed by atoms with E-state index in [1.165, 1.54) is 6.20 Å². The summed E-state index contributed by atoms with van der Waals surface area (Å²) in [6.07, 6.45) is 1.47. The Kier molecular flexibility index (Phi) is 2.85. The Morgan fingerprint density at radius 3 is 2.61 bits per heavy atom. The predicted molar refractivity (Wildman–Crippen MR) is 67.9 cm³/mol. The molecule has 0 spiro atoms. The van der Waals surface area contributed by atoms with Gasteiger partial charge in [0.1, 0.15) is 5.69 Å². The first-order chi connectivity index (χ1) is 8.50. The minimum absolute atomic E-state index is 0.123. The van der Waals surface area contributed by atoms with Crippen molar-refractivity contribution in [2.45, 2.75) is 6.92 Å². The van der Waals surface area contributed by atoms with Gasteiger partial charge in [-0.2, -0.15) is 0 Å². The molecule has 0 aliphatic rings. The highest BCUT2D eigenvalue weighted by atomic mass is 16.2. The lowest BCUT2D eigenvalue weighted by Gasteiger charge is -2.08. The first kappa shape index (κ1) is 11.8. The van der Waals surface area contributed by atoms with Gasteiger partial charge in [-0.3, -0.25) is 15.1 Å². The van der Waals surface area contributed by atoms with Crippen LogP contribution in [0.2, 0.25) is 0 Å². The van der Waals surface area contributed by atoms with Crippen LogP contribution in [0.5, 0.6) is 0 Å². The average molecular weight is 244 g/mol. The normalized spacial score (nSPS) is 10.3. The number of hydrogen-bond donors (Lipinski definition) is 3. The number of hydrogen-bond acceptors (Lipinski definition) is 4. The summed E-state index contributed by atoms with van der Waals surface area (Å²) in [5.74, 6) is -0.642. The Morgan fingerprint density at radius 2 is 1.94 bits per heavy atom. The number of pyridine rings is 1. The molecule has 18 heavy (non-hydrogen) atoms. The standard InChI is InChI=1S/C12H12N4O2/c1-6-2-3-8-7(9(6)13)4-5-15-10(8)11(17)16-12(14)18/h2-5H,13H2,1H3,(H3,14,16,17,18). The maximum Gasteiger partial charge on any atom is 0.319 e. The fourth-order valence-electron chi connectivity index (χ4n) is 1.74. The number of imide groups is 1. The third-order valence-electron chi connectivity index (χ3n) is 2.66. The quantitative estimate of drug-likeness (QED) is 0.648. The van der Waals surface area contributed by atoms with Gasteiger partial charge >= 0.3 is 6.03 Å². The molecule has 0 saturated carbocycles. The zero-order valence-corrected chi connectivity index (χ0v) is 9.73. The van der Waals surface area contributed by atoms with E-state index in [0.717, 1.165) is 10.9 Å². The summed E-state index contributed by atoms with van der Waals surface area (Å²) in [5.41, 5.74) is 12.5. The second-order valence-electron chi connectivity index (χ2n) is 3.87. The van der Waals surface area contributed by atoms with Gasteiger partial charge in [-0.25, -0.2) is 4.79 Å². The van der Waals surface area contributed by atoms with E-state index in [-0.39, 0.29) is 5.69 Å². The van der Waals surface area contributed by atoms with Gasteiger partial charge in [0.2, 0.25) is 0 Å². The van der Waals surface area contributed by atoms with Crippen molar-refractivity contribution in [3.8, 4) is 0 Å². The molecule has 5 N–H and O–H groups in total. The number of urea groups is 1. The van der Waals surface area contributed by atoms with Gasteiger partial charge in [0.15, 0.2) is 0 Å². The summed E-state index contributed by atoms with van der Waals surface area (Å²) < 4.78 is 0. The number of primary amides is 1. The van der Waals surface area contributed by atoms with Crippen molar-refractivity contribution in [3.05, 3.63) is 35.7 Å². The molecule has 1 aromatic heterocycles. The van der Waals surface area contributed by atoms with Crippen molar-refractivity contribution < 1.29 is 9.59 Å². The van der Waals surface area contributed by atoms with Crippen LogP contribution in [-0.2, 0) is 0 Å². The zero-order valence-electron chi connectivity index (χ0n) is 9.73. The van der Waals surface area contributed by atoms with Gasteiger partial charge < -0.3 is 11.5 Å². The highest BCUT2D eigenvalue weighted by molar-refractivity contribution is 6.12. The lowest BCUT2D eigenvalue weighted by molar-refractivity contribution is 0.0963. The number of aromatic nitrogens is 1. The van der Waals surface area contributed by atoms with Crippen molar-refractivity contribution in [1.29, 1.82) is 0 Å². The van der Waals surface area contributed by atoms with Crippen molar-refractivity contribution in [3.63, 3.8) is 0 Å². The molecular weight excluding hydrogens is 232 g/mol. The van der Waals surface area contributed by atoms with Gasteiger partial charge in [0.25, 0.3) is 5.91 Å². The molecule has 1 heterocycles. The molecule has 0 aliphatic carbocycles. The molecule has 2 rings (SSSR count). The van der Waals surface area contributed by atoms with E-state index in [9.17, 15) is 9.59 Å². The number of anilines is 1. The van der Waals surface area contributed by atoms with Crippen molar-refractivity contribution in [2.24, 2.45) is 5.73 Å². The van der Waals surface area contributed by atoms with Crippen LogP contribution in [-0.4, -0.2) is 16.9 Å². The highest BCUT2D eigenvalue weighted by Gasteiger charge is 2.14. The van der Waals surface area contributed by atoms with E-state index < -0.39 is 11.9 Å². The highest BCUT2D eigenvalue weighted by Crippen LogP contribution is 2.25. The lowest BCUT2D eigenvalue weighted by atomic mass is 10.0. The molecule has 0 fully saturated rings. The predicted octanol–water partition coefficient (Wildman–Crippen LogP) is 0.934. The van der Waals surface area contributed by atoms with Crippen molar-refractivity contribution in [2.75, 3.05) is 5.73 Å². The van der Waals surface area contributed by atoms with Gasteiger partial charge in [0.05, 0.1) is 0 Å². The lowest BCUT2D eigenvalue weighted by Crippen LogP contribution is -2.35.